The third-order valence-corrected chi connectivity index (χ3v) is 5.80. The lowest BCUT2D eigenvalue weighted by molar-refractivity contribution is -0.134. The monoisotopic (exact) mass is 493 g/mol. The van der Waals surface area contributed by atoms with Crippen LogP contribution in [-0.4, -0.2) is 35.4 Å². The molecule has 0 fully saturated rings. The normalized spacial score (nSPS) is 10.8. The first-order chi connectivity index (χ1) is 17.9. The zero-order valence-corrected chi connectivity index (χ0v) is 20.7. The minimum absolute atomic E-state index is 0.0928. The van der Waals surface area contributed by atoms with Crippen LogP contribution in [0.15, 0.2) is 77.2 Å². The van der Waals surface area contributed by atoms with E-state index in [2.05, 4.69) is 21.0 Å². The van der Waals surface area contributed by atoms with Gasteiger partial charge in [-0.15, -0.1) is 6.42 Å². The number of benzene rings is 3. The highest BCUT2D eigenvalue weighted by Crippen LogP contribution is 2.25. The van der Waals surface area contributed by atoms with Gasteiger partial charge in [-0.2, -0.15) is 4.98 Å². The summed E-state index contributed by atoms with van der Waals surface area (Å²) in [6.45, 7) is 2.57. The number of nitrogens with zero attached hydrogens (tertiary/aromatic N) is 2. The quantitative estimate of drug-likeness (QED) is 0.194. The Morgan fingerprint density at radius 3 is 2.59 bits per heavy atom. The zero-order valence-electron chi connectivity index (χ0n) is 20.7. The van der Waals surface area contributed by atoms with Gasteiger partial charge in [0.1, 0.15) is 5.52 Å². The molecule has 1 amide bonds. The molecule has 0 saturated heterocycles. The van der Waals surface area contributed by atoms with E-state index in [9.17, 15) is 9.59 Å². The van der Waals surface area contributed by atoms with E-state index in [0.717, 1.165) is 27.9 Å². The molecule has 0 unspecified atom stereocenters. The van der Waals surface area contributed by atoms with Gasteiger partial charge >= 0.3 is 5.97 Å². The topological polar surface area (TPSA) is 84.7 Å². The van der Waals surface area contributed by atoms with Gasteiger partial charge in [0.15, 0.2) is 5.58 Å². The Labute approximate surface area is 215 Å². The molecule has 37 heavy (non-hydrogen) atoms. The predicted octanol–water partition coefficient (Wildman–Crippen LogP) is 5.27. The summed E-state index contributed by atoms with van der Waals surface area (Å²) in [7, 11) is 1.33. The lowest BCUT2D eigenvalue weighted by atomic mass is 10.1. The maximum atomic E-state index is 13.1. The van der Waals surface area contributed by atoms with Crippen LogP contribution in [0.2, 0.25) is 0 Å². The van der Waals surface area contributed by atoms with Crippen LogP contribution in [0, 0.1) is 19.3 Å². The van der Waals surface area contributed by atoms with Crippen molar-refractivity contribution in [3.63, 3.8) is 0 Å². The van der Waals surface area contributed by atoms with Crippen LogP contribution >= 0.6 is 0 Å². The number of terminal acetylenes is 1. The molecule has 0 aliphatic heterocycles. The van der Waals surface area contributed by atoms with Crippen molar-refractivity contribution in [2.75, 3.05) is 19.0 Å². The number of fused-ring (bicyclic) bond motifs is 1. The standard InChI is InChI=1S/C30H27N3O4/c1-4-17-33(20-23-11-9-22(10-12-23)14-16-29(35)36-3)28(34)19-24-13-15-26-27(18-24)37-30(32-26)31-25-8-6-5-7-21(25)2/h1,5-16,18H,17,19-20H2,2-3H3,(H,31,32). The first-order valence-electron chi connectivity index (χ1n) is 11.7. The molecule has 1 aromatic heterocycles. The van der Waals surface area contributed by atoms with E-state index in [-0.39, 0.29) is 18.9 Å². The van der Waals surface area contributed by atoms with Crippen molar-refractivity contribution >= 4 is 40.8 Å². The van der Waals surface area contributed by atoms with Crippen molar-refractivity contribution in [3.05, 3.63) is 95.1 Å². The van der Waals surface area contributed by atoms with Gasteiger partial charge in [0.05, 0.1) is 20.1 Å². The number of amides is 1. The molecule has 0 bridgehead atoms. The molecule has 0 saturated carbocycles. The fourth-order valence-electron chi connectivity index (χ4n) is 3.78. The minimum atomic E-state index is -0.419. The first kappa shape index (κ1) is 25.3. The third-order valence-electron chi connectivity index (χ3n) is 5.80. The summed E-state index contributed by atoms with van der Waals surface area (Å²) in [4.78, 5) is 30.5. The molecule has 0 atom stereocenters. The highest BCUT2D eigenvalue weighted by atomic mass is 16.5. The molecule has 186 valence electrons. The van der Waals surface area contributed by atoms with Crippen LogP contribution in [-0.2, 0) is 27.3 Å². The van der Waals surface area contributed by atoms with Gasteiger partial charge in [0.25, 0.3) is 6.01 Å². The lowest BCUT2D eigenvalue weighted by Crippen LogP contribution is -2.32. The lowest BCUT2D eigenvalue weighted by Gasteiger charge is -2.20. The van der Waals surface area contributed by atoms with Crippen molar-refractivity contribution < 1.29 is 18.7 Å². The van der Waals surface area contributed by atoms with Crippen LogP contribution in [0.25, 0.3) is 17.2 Å². The fourth-order valence-corrected chi connectivity index (χ4v) is 3.78. The number of carbonyl (C=O) groups excluding carboxylic acids is 2. The summed E-state index contributed by atoms with van der Waals surface area (Å²) >= 11 is 0. The molecule has 0 spiro atoms. The van der Waals surface area contributed by atoms with Gasteiger partial charge in [-0.1, -0.05) is 54.5 Å². The van der Waals surface area contributed by atoms with E-state index in [4.69, 9.17) is 10.8 Å². The van der Waals surface area contributed by atoms with E-state index in [1.807, 2.05) is 73.7 Å². The SMILES string of the molecule is C#CCN(Cc1ccc(C=CC(=O)OC)cc1)C(=O)Cc1ccc2nc(Nc3ccccc3C)oc2c1. The van der Waals surface area contributed by atoms with Crippen molar-refractivity contribution in [3.8, 4) is 12.3 Å². The number of aromatic nitrogens is 1. The number of para-hydroxylation sites is 1. The number of carbonyl (C=O) groups is 2. The molecule has 4 aromatic rings. The van der Waals surface area contributed by atoms with Gasteiger partial charge in [-0.05, 0) is 53.5 Å². The number of oxazole rings is 1. The summed E-state index contributed by atoms with van der Waals surface area (Å²) in [5, 5.41) is 3.20. The average Bonchev–Trinajstić information content (AvgIpc) is 3.30. The van der Waals surface area contributed by atoms with E-state index in [1.54, 1.807) is 11.0 Å². The van der Waals surface area contributed by atoms with Crippen molar-refractivity contribution in [2.24, 2.45) is 0 Å². The third kappa shape index (κ3) is 6.65. The van der Waals surface area contributed by atoms with Crippen molar-refractivity contribution in [2.45, 2.75) is 19.9 Å². The highest BCUT2D eigenvalue weighted by molar-refractivity contribution is 5.87. The molecule has 0 aliphatic carbocycles. The Morgan fingerprint density at radius 2 is 1.86 bits per heavy atom. The van der Waals surface area contributed by atoms with Crippen LogP contribution in [0.5, 0.6) is 0 Å². The second-order valence-electron chi connectivity index (χ2n) is 8.49. The molecule has 0 radical (unpaired) electrons. The van der Waals surface area contributed by atoms with Crippen molar-refractivity contribution in [1.29, 1.82) is 0 Å². The maximum absolute atomic E-state index is 13.1. The number of ether oxygens (including phenoxy) is 1. The zero-order chi connectivity index (χ0) is 26.2. The maximum Gasteiger partial charge on any atom is 0.330 e. The first-order valence-corrected chi connectivity index (χ1v) is 11.7. The van der Waals surface area contributed by atoms with Gasteiger partial charge < -0.3 is 19.4 Å². The highest BCUT2D eigenvalue weighted by Gasteiger charge is 2.15. The second-order valence-corrected chi connectivity index (χ2v) is 8.49. The van der Waals surface area contributed by atoms with Crippen LogP contribution in [0.4, 0.5) is 11.7 Å². The Morgan fingerprint density at radius 1 is 1.11 bits per heavy atom. The Hall–Kier alpha value is -4.83. The number of hydrogen-bond donors (Lipinski definition) is 1. The molecule has 1 N–H and O–H groups in total. The number of nitrogens with one attached hydrogen (secondary N) is 1. The van der Waals surface area contributed by atoms with E-state index < -0.39 is 5.97 Å². The second kappa shape index (κ2) is 11.7. The van der Waals surface area contributed by atoms with Gasteiger partial charge in [-0.25, -0.2) is 4.79 Å². The van der Waals surface area contributed by atoms with Crippen molar-refractivity contribution in [1.82, 2.24) is 9.88 Å². The van der Waals surface area contributed by atoms with E-state index in [0.29, 0.717) is 23.7 Å². The number of hydrogen-bond acceptors (Lipinski definition) is 6. The van der Waals surface area contributed by atoms with E-state index >= 15 is 0 Å². The van der Waals surface area contributed by atoms with Gasteiger partial charge in [0, 0.05) is 18.3 Å². The molecule has 4 rings (SSSR count). The largest absolute Gasteiger partial charge is 0.466 e. The van der Waals surface area contributed by atoms with Gasteiger partial charge in [0.2, 0.25) is 5.91 Å². The Bertz CT molecular complexity index is 1480. The fraction of sp³-hybridized carbons (Fsp3) is 0.167. The number of methoxy groups -OCH3 is 1. The summed E-state index contributed by atoms with van der Waals surface area (Å²) in [6, 6.07) is 21.4. The molecule has 0 aliphatic rings. The van der Waals surface area contributed by atoms with Crippen LogP contribution in [0.1, 0.15) is 22.3 Å². The number of rotatable bonds is 9. The number of anilines is 2. The molecule has 7 heteroatoms. The number of aryl methyl sites for hydroxylation is 1. The molecule has 3 aromatic carbocycles. The van der Waals surface area contributed by atoms with Crippen LogP contribution < -0.4 is 5.32 Å². The summed E-state index contributed by atoms with van der Waals surface area (Å²) in [5.41, 5.74) is 5.88. The Balaban J connectivity index is 1.43. The van der Waals surface area contributed by atoms with Crippen LogP contribution in [0.3, 0.4) is 0 Å². The smallest absolute Gasteiger partial charge is 0.330 e. The van der Waals surface area contributed by atoms with E-state index in [1.165, 1.54) is 13.2 Å². The number of esters is 1. The van der Waals surface area contributed by atoms with Gasteiger partial charge in [-0.3, -0.25) is 4.79 Å². The molecule has 7 nitrogen and oxygen atoms in total. The molecule has 1 heterocycles. The Kier molecular flexibility index (Phi) is 8.01. The summed E-state index contributed by atoms with van der Waals surface area (Å²) in [5.74, 6) is 2.06. The molecular formula is C30H27N3O4. The summed E-state index contributed by atoms with van der Waals surface area (Å²) in [6.07, 6.45) is 8.75. The summed E-state index contributed by atoms with van der Waals surface area (Å²) < 4.78 is 10.5. The molecular weight excluding hydrogens is 466 g/mol. The average molecular weight is 494 g/mol. The minimum Gasteiger partial charge on any atom is -0.466 e. The predicted molar refractivity (Wildman–Crippen MR) is 144 cm³/mol.